The largest absolute Gasteiger partial charge is 0.388 e. The maximum absolute atomic E-state index is 12.0. The summed E-state index contributed by atoms with van der Waals surface area (Å²) in [7, 11) is 1.84. The third-order valence-electron chi connectivity index (χ3n) is 4.91. The van der Waals surface area contributed by atoms with E-state index in [-0.39, 0.29) is 11.9 Å². The van der Waals surface area contributed by atoms with Gasteiger partial charge in [-0.2, -0.15) is 0 Å². The van der Waals surface area contributed by atoms with E-state index in [1.165, 1.54) is 6.21 Å². The molecule has 1 aliphatic rings. The molecule has 154 valence electrons. The molecule has 1 aromatic carbocycles. The molecule has 2 aromatic rings. The van der Waals surface area contributed by atoms with Gasteiger partial charge in [-0.3, -0.25) is 14.7 Å². The average molecular weight is 396 g/mol. The van der Waals surface area contributed by atoms with E-state index in [9.17, 15) is 4.79 Å². The lowest BCUT2D eigenvalue weighted by molar-refractivity contribution is -0.122. The number of rotatable bonds is 7. The first-order valence-electron chi connectivity index (χ1n) is 9.91. The predicted octanol–water partition coefficient (Wildman–Crippen LogP) is 1.83. The number of nitrogens with one attached hydrogen (secondary N) is 3. The predicted molar refractivity (Wildman–Crippen MR) is 117 cm³/mol. The van der Waals surface area contributed by atoms with Crippen molar-refractivity contribution >= 4 is 23.6 Å². The SMILES string of the molecule is CNc1cc(-c2cncc(N3CCN(CC(=O)NC(C)C)CC3)n2)ccc1C=N. The Labute approximate surface area is 171 Å². The van der Waals surface area contributed by atoms with E-state index in [1.807, 2.05) is 39.1 Å². The third kappa shape index (κ3) is 5.29. The number of carbonyl (C=O) groups excluding carboxylic acids is 1. The minimum absolute atomic E-state index is 0.0731. The van der Waals surface area contributed by atoms with Crippen molar-refractivity contribution in [2.75, 3.05) is 50.0 Å². The van der Waals surface area contributed by atoms with Gasteiger partial charge in [-0.25, -0.2) is 4.98 Å². The molecule has 0 unspecified atom stereocenters. The van der Waals surface area contributed by atoms with Crippen LogP contribution in [0.3, 0.4) is 0 Å². The number of carbonyl (C=O) groups is 1. The average Bonchev–Trinajstić information content (AvgIpc) is 2.73. The van der Waals surface area contributed by atoms with Gasteiger partial charge in [0.05, 0.1) is 24.6 Å². The highest BCUT2D eigenvalue weighted by atomic mass is 16.2. The molecule has 0 bridgehead atoms. The van der Waals surface area contributed by atoms with E-state index in [0.29, 0.717) is 6.54 Å². The first-order valence-corrected chi connectivity index (χ1v) is 9.91. The molecule has 3 N–H and O–H groups in total. The Morgan fingerprint density at radius 3 is 2.66 bits per heavy atom. The van der Waals surface area contributed by atoms with Gasteiger partial charge in [-0.05, 0) is 19.9 Å². The van der Waals surface area contributed by atoms with E-state index in [2.05, 4.69) is 25.4 Å². The summed E-state index contributed by atoms with van der Waals surface area (Å²) in [6, 6.07) is 6.02. The molecule has 8 heteroatoms. The van der Waals surface area contributed by atoms with E-state index >= 15 is 0 Å². The highest BCUT2D eigenvalue weighted by molar-refractivity contribution is 5.87. The van der Waals surface area contributed by atoms with Gasteiger partial charge in [0.2, 0.25) is 5.91 Å². The molecule has 0 saturated carbocycles. The summed E-state index contributed by atoms with van der Waals surface area (Å²) in [5.41, 5.74) is 3.48. The second-order valence-electron chi connectivity index (χ2n) is 7.44. The highest BCUT2D eigenvalue weighted by Gasteiger charge is 2.20. The van der Waals surface area contributed by atoms with Gasteiger partial charge in [-0.1, -0.05) is 12.1 Å². The van der Waals surface area contributed by atoms with Crippen LogP contribution in [0, 0.1) is 5.41 Å². The second kappa shape index (κ2) is 9.47. The van der Waals surface area contributed by atoms with Crippen molar-refractivity contribution in [2.45, 2.75) is 19.9 Å². The van der Waals surface area contributed by atoms with Gasteiger partial charge in [-0.15, -0.1) is 0 Å². The lowest BCUT2D eigenvalue weighted by atomic mass is 10.1. The van der Waals surface area contributed by atoms with Crippen LogP contribution in [0.1, 0.15) is 19.4 Å². The first-order chi connectivity index (χ1) is 14.0. The number of hydrogen-bond acceptors (Lipinski definition) is 7. The summed E-state index contributed by atoms with van der Waals surface area (Å²) in [5.74, 6) is 0.917. The van der Waals surface area contributed by atoms with E-state index in [0.717, 1.165) is 54.5 Å². The molecule has 1 aliphatic heterocycles. The summed E-state index contributed by atoms with van der Waals surface area (Å²) in [6.07, 6.45) is 4.88. The number of aromatic nitrogens is 2. The number of benzene rings is 1. The molecule has 1 fully saturated rings. The van der Waals surface area contributed by atoms with Crippen molar-refractivity contribution in [1.82, 2.24) is 20.2 Å². The maximum Gasteiger partial charge on any atom is 0.234 e. The maximum atomic E-state index is 12.0. The fourth-order valence-electron chi connectivity index (χ4n) is 3.41. The van der Waals surface area contributed by atoms with Gasteiger partial charge in [0, 0.05) is 62.3 Å². The Bertz CT molecular complexity index is 860. The van der Waals surface area contributed by atoms with E-state index in [1.54, 1.807) is 12.4 Å². The number of anilines is 2. The molecule has 8 nitrogen and oxygen atoms in total. The Kier molecular flexibility index (Phi) is 6.77. The van der Waals surface area contributed by atoms with Crippen LogP contribution in [0.4, 0.5) is 11.5 Å². The van der Waals surface area contributed by atoms with Crippen LogP contribution in [-0.4, -0.2) is 72.8 Å². The topological polar surface area (TPSA) is 97.2 Å². The number of nitrogens with zero attached hydrogens (tertiary/aromatic N) is 4. The fourth-order valence-corrected chi connectivity index (χ4v) is 3.41. The smallest absolute Gasteiger partial charge is 0.234 e. The summed E-state index contributed by atoms with van der Waals surface area (Å²) in [6.45, 7) is 7.62. The molecule has 2 heterocycles. The van der Waals surface area contributed by atoms with Gasteiger partial charge in [0.1, 0.15) is 5.82 Å². The van der Waals surface area contributed by atoms with Crippen molar-refractivity contribution in [3.63, 3.8) is 0 Å². The minimum Gasteiger partial charge on any atom is -0.388 e. The Morgan fingerprint density at radius 1 is 1.24 bits per heavy atom. The molecular weight excluding hydrogens is 366 g/mol. The zero-order chi connectivity index (χ0) is 20.8. The van der Waals surface area contributed by atoms with Crippen LogP contribution in [0.15, 0.2) is 30.6 Å². The Balaban J connectivity index is 1.66. The Morgan fingerprint density at radius 2 is 2.00 bits per heavy atom. The standard InChI is InChI=1S/C21H29N7O/c1-15(2)25-21(29)14-27-6-8-28(9-7-27)20-13-24-12-19(26-20)16-4-5-17(11-22)18(10-16)23-3/h4-5,10-13,15,22-23H,6-9,14H2,1-3H3,(H,25,29). The molecule has 29 heavy (non-hydrogen) atoms. The molecule has 3 rings (SSSR count). The second-order valence-corrected chi connectivity index (χ2v) is 7.44. The van der Waals surface area contributed by atoms with Crippen molar-refractivity contribution in [2.24, 2.45) is 0 Å². The molecule has 0 aliphatic carbocycles. The highest BCUT2D eigenvalue weighted by Crippen LogP contribution is 2.25. The lowest BCUT2D eigenvalue weighted by Crippen LogP contribution is -2.50. The summed E-state index contributed by atoms with van der Waals surface area (Å²) < 4.78 is 0. The quantitative estimate of drug-likeness (QED) is 0.619. The van der Waals surface area contributed by atoms with Crippen LogP contribution in [0.25, 0.3) is 11.3 Å². The van der Waals surface area contributed by atoms with E-state index in [4.69, 9.17) is 10.4 Å². The summed E-state index contributed by atoms with van der Waals surface area (Å²) >= 11 is 0. The van der Waals surface area contributed by atoms with Crippen molar-refractivity contribution < 1.29 is 4.79 Å². The minimum atomic E-state index is 0.0731. The van der Waals surface area contributed by atoms with E-state index < -0.39 is 0 Å². The van der Waals surface area contributed by atoms with Gasteiger partial charge in [0.25, 0.3) is 0 Å². The zero-order valence-corrected chi connectivity index (χ0v) is 17.3. The van der Waals surface area contributed by atoms with Crippen LogP contribution in [0.2, 0.25) is 0 Å². The third-order valence-corrected chi connectivity index (χ3v) is 4.91. The van der Waals surface area contributed by atoms with Crippen molar-refractivity contribution in [3.8, 4) is 11.3 Å². The Hall–Kier alpha value is -3.00. The lowest BCUT2D eigenvalue weighted by Gasteiger charge is -2.35. The van der Waals surface area contributed by atoms with Gasteiger partial charge in [0.15, 0.2) is 0 Å². The molecule has 1 aromatic heterocycles. The zero-order valence-electron chi connectivity index (χ0n) is 17.3. The van der Waals surface area contributed by atoms with Crippen LogP contribution >= 0.6 is 0 Å². The monoisotopic (exact) mass is 395 g/mol. The molecule has 1 saturated heterocycles. The summed E-state index contributed by atoms with van der Waals surface area (Å²) in [5, 5.41) is 13.6. The number of piperazine rings is 1. The van der Waals surface area contributed by atoms with Crippen molar-refractivity contribution in [1.29, 1.82) is 5.41 Å². The number of amides is 1. The van der Waals surface area contributed by atoms with Crippen molar-refractivity contribution in [3.05, 3.63) is 36.2 Å². The summed E-state index contributed by atoms with van der Waals surface area (Å²) in [4.78, 5) is 25.5. The fraction of sp³-hybridized carbons (Fsp3) is 0.429. The molecular formula is C21H29N7O. The number of hydrogen-bond donors (Lipinski definition) is 3. The normalized spacial score (nSPS) is 14.7. The molecule has 0 spiro atoms. The van der Waals surface area contributed by atoms with Gasteiger partial charge >= 0.3 is 0 Å². The molecule has 0 radical (unpaired) electrons. The molecule has 1 amide bonds. The van der Waals surface area contributed by atoms with Crippen LogP contribution in [-0.2, 0) is 4.79 Å². The van der Waals surface area contributed by atoms with Crippen LogP contribution < -0.4 is 15.5 Å². The first kappa shape index (κ1) is 20.7. The van der Waals surface area contributed by atoms with Gasteiger partial charge < -0.3 is 20.9 Å². The molecule has 0 atom stereocenters. The van der Waals surface area contributed by atoms with Crippen LogP contribution in [0.5, 0.6) is 0 Å².